The molecule has 0 N–H and O–H groups in total. The monoisotopic (exact) mass is 256 g/mol. The largest absolute Gasteiger partial charge is 0.382 e. The van der Waals surface area contributed by atoms with E-state index in [0.717, 1.165) is 0 Å². The molecule has 0 aromatic rings. The number of alkyl halides is 6. The molecule has 0 bridgehead atoms. The lowest BCUT2D eigenvalue weighted by Gasteiger charge is -2.41. The molecule has 0 aliphatic carbocycles. The molecule has 0 amide bonds. The SMILES string of the molecule is FC(F)(Cl)C1(C(F)(F)Cl)OCCCO1. The Bertz CT molecular complexity index is 191. The molecular formula is C6H6Cl2F4O2. The first kappa shape index (κ1) is 12.3. The van der Waals surface area contributed by atoms with Crippen LogP contribution in [0.1, 0.15) is 6.42 Å². The van der Waals surface area contributed by atoms with Gasteiger partial charge in [-0.1, -0.05) is 0 Å². The Labute approximate surface area is 87.1 Å². The molecule has 1 rings (SSSR count). The molecule has 0 unspecified atom stereocenters. The summed E-state index contributed by atoms with van der Waals surface area (Å²) in [6.45, 7) is -0.630. The topological polar surface area (TPSA) is 18.5 Å². The molecular weight excluding hydrogens is 251 g/mol. The van der Waals surface area contributed by atoms with Crippen molar-refractivity contribution in [3.63, 3.8) is 0 Å². The van der Waals surface area contributed by atoms with Crippen LogP contribution in [0, 0.1) is 0 Å². The van der Waals surface area contributed by atoms with Crippen LogP contribution in [0.25, 0.3) is 0 Å². The third-order valence-corrected chi connectivity index (χ3v) is 2.14. The van der Waals surface area contributed by atoms with Crippen molar-refractivity contribution in [2.75, 3.05) is 13.2 Å². The number of halogens is 6. The Morgan fingerprint density at radius 3 is 1.50 bits per heavy atom. The van der Waals surface area contributed by atoms with Crippen LogP contribution < -0.4 is 0 Å². The molecule has 8 heteroatoms. The van der Waals surface area contributed by atoms with Gasteiger partial charge in [-0.3, -0.25) is 0 Å². The summed E-state index contributed by atoms with van der Waals surface area (Å²) >= 11 is 9.01. The zero-order chi connectivity index (χ0) is 11.0. The highest BCUT2D eigenvalue weighted by atomic mass is 35.5. The van der Waals surface area contributed by atoms with Gasteiger partial charge in [0.15, 0.2) is 0 Å². The van der Waals surface area contributed by atoms with Crippen molar-refractivity contribution >= 4 is 23.2 Å². The molecule has 0 aromatic heterocycles. The lowest BCUT2D eigenvalue weighted by molar-refractivity contribution is -0.385. The minimum atomic E-state index is -4.40. The van der Waals surface area contributed by atoms with E-state index in [9.17, 15) is 17.6 Å². The van der Waals surface area contributed by atoms with E-state index >= 15 is 0 Å². The summed E-state index contributed by atoms with van der Waals surface area (Å²) in [7, 11) is 0. The Morgan fingerprint density at radius 2 is 1.29 bits per heavy atom. The minimum Gasteiger partial charge on any atom is -0.338 e. The van der Waals surface area contributed by atoms with Crippen molar-refractivity contribution in [1.29, 1.82) is 0 Å². The molecule has 1 aliphatic heterocycles. The predicted molar refractivity (Wildman–Crippen MR) is 40.9 cm³/mol. The summed E-state index contributed by atoms with van der Waals surface area (Å²) in [5, 5.41) is -8.81. The maximum Gasteiger partial charge on any atom is 0.382 e. The fourth-order valence-corrected chi connectivity index (χ4v) is 1.52. The van der Waals surface area contributed by atoms with Gasteiger partial charge in [0.05, 0.1) is 13.2 Å². The molecule has 1 saturated heterocycles. The van der Waals surface area contributed by atoms with Crippen LogP contribution in [0.4, 0.5) is 17.6 Å². The van der Waals surface area contributed by atoms with Crippen molar-refractivity contribution in [2.45, 2.75) is 23.0 Å². The van der Waals surface area contributed by atoms with Crippen molar-refractivity contribution in [2.24, 2.45) is 0 Å². The van der Waals surface area contributed by atoms with Crippen molar-refractivity contribution in [3.8, 4) is 0 Å². The van der Waals surface area contributed by atoms with Crippen LogP contribution in [0.2, 0.25) is 0 Å². The molecule has 84 valence electrons. The highest BCUT2D eigenvalue weighted by Gasteiger charge is 2.71. The van der Waals surface area contributed by atoms with E-state index in [0.29, 0.717) is 0 Å². The van der Waals surface area contributed by atoms with Crippen LogP contribution in [-0.4, -0.2) is 29.8 Å². The number of ether oxygens (including phenoxy) is 2. The summed E-state index contributed by atoms with van der Waals surface area (Å²) in [5.41, 5.74) is 0. The van der Waals surface area contributed by atoms with E-state index in [-0.39, 0.29) is 19.6 Å². The molecule has 14 heavy (non-hydrogen) atoms. The third-order valence-electron chi connectivity index (χ3n) is 1.65. The molecule has 0 aromatic carbocycles. The van der Waals surface area contributed by atoms with Gasteiger partial charge in [-0.25, -0.2) is 0 Å². The van der Waals surface area contributed by atoms with Crippen LogP contribution in [-0.2, 0) is 9.47 Å². The van der Waals surface area contributed by atoms with Gasteiger partial charge in [0, 0.05) is 0 Å². The first-order valence-corrected chi connectivity index (χ1v) is 4.38. The highest BCUT2D eigenvalue weighted by molar-refractivity contribution is 6.26. The first-order chi connectivity index (χ1) is 6.21. The minimum absolute atomic E-state index is 0.224. The van der Waals surface area contributed by atoms with Crippen molar-refractivity contribution in [1.82, 2.24) is 0 Å². The van der Waals surface area contributed by atoms with Gasteiger partial charge in [0.1, 0.15) is 0 Å². The highest BCUT2D eigenvalue weighted by Crippen LogP contribution is 2.50. The Balaban J connectivity index is 3.01. The second kappa shape index (κ2) is 3.66. The number of rotatable bonds is 2. The van der Waals surface area contributed by atoms with Crippen LogP contribution >= 0.6 is 23.2 Å². The van der Waals surface area contributed by atoms with Crippen molar-refractivity contribution < 1.29 is 27.0 Å². The second-order valence-corrected chi connectivity index (χ2v) is 3.61. The van der Waals surface area contributed by atoms with Gasteiger partial charge >= 0.3 is 16.6 Å². The molecule has 1 aliphatic rings. The maximum atomic E-state index is 12.7. The van der Waals surface area contributed by atoms with E-state index in [2.05, 4.69) is 32.7 Å². The molecule has 0 radical (unpaired) electrons. The first-order valence-electron chi connectivity index (χ1n) is 3.62. The fourth-order valence-electron chi connectivity index (χ4n) is 1.02. The molecule has 0 saturated carbocycles. The zero-order valence-electron chi connectivity index (χ0n) is 6.71. The lowest BCUT2D eigenvalue weighted by atomic mass is 10.2. The van der Waals surface area contributed by atoms with Crippen LogP contribution in [0.15, 0.2) is 0 Å². The second-order valence-electron chi connectivity index (χ2n) is 2.66. The maximum absolute atomic E-state index is 12.7. The normalized spacial score (nSPS) is 23.6. The fraction of sp³-hybridized carbons (Fsp3) is 1.00. The van der Waals surface area contributed by atoms with E-state index in [1.807, 2.05) is 0 Å². The number of hydrogen-bond donors (Lipinski definition) is 0. The smallest absolute Gasteiger partial charge is 0.338 e. The van der Waals surface area contributed by atoms with Crippen LogP contribution in [0.5, 0.6) is 0 Å². The quantitative estimate of drug-likeness (QED) is 0.559. The van der Waals surface area contributed by atoms with Gasteiger partial charge in [0.25, 0.3) is 0 Å². The zero-order valence-corrected chi connectivity index (χ0v) is 8.22. The molecule has 0 spiro atoms. The summed E-state index contributed by atoms with van der Waals surface area (Å²) < 4.78 is 59.3. The van der Waals surface area contributed by atoms with Crippen LogP contribution in [0.3, 0.4) is 0 Å². The summed E-state index contributed by atoms with van der Waals surface area (Å²) in [5.74, 6) is -3.58. The Kier molecular flexibility index (Phi) is 3.21. The average molecular weight is 257 g/mol. The lowest BCUT2D eigenvalue weighted by Crippen LogP contribution is -2.61. The molecule has 1 heterocycles. The van der Waals surface area contributed by atoms with E-state index in [1.165, 1.54) is 0 Å². The van der Waals surface area contributed by atoms with Gasteiger partial charge in [-0.15, -0.1) is 0 Å². The molecule has 0 atom stereocenters. The Hall–Kier alpha value is 0.220. The van der Waals surface area contributed by atoms with E-state index in [4.69, 9.17) is 0 Å². The third kappa shape index (κ3) is 1.93. The standard InChI is InChI=1S/C6H6Cl2F4O2/c7-5(9,10)4(6(8,11)12)13-2-1-3-14-4/h1-3H2. The summed E-state index contributed by atoms with van der Waals surface area (Å²) in [4.78, 5) is 0. The van der Waals surface area contributed by atoms with Crippen molar-refractivity contribution in [3.05, 3.63) is 0 Å². The van der Waals surface area contributed by atoms with Gasteiger partial charge in [-0.05, 0) is 29.6 Å². The van der Waals surface area contributed by atoms with E-state index < -0.39 is 16.6 Å². The van der Waals surface area contributed by atoms with E-state index in [1.54, 1.807) is 0 Å². The van der Waals surface area contributed by atoms with Gasteiger partial charge < -0.3 is 9.47 Å². The molecule has 2 nitrogen and oxygen atoms in total. The summed E-state index contributed by atoms with van der Waals surface area (Å²) in [6.07, 6.45) is 0.224. The summed E-state index contributed by atoms with van der Waals surface area (Å²) in [6, 6.07) is 0. The average Bonchev–Trinajstić information content (AvgIpc) is 2.02. The molecule has 1 fully saturated rings. The van der Waals surface area contributed by atoms with Gasteiger partial charge in [-0.2, -0.15) is 17.6 Å². The Morgan fingerprint density at radius 1 is 0.929 bits per heavy atom. The predicted octanol–water partition coefficient (Wildman–Crippen LogP) is 2.78. The number of hydrogen-bond acceptors (Lipinski definition) is 2. The van der Waals surface area contributed by atoms with Gasteiger partial charge in [0.2, 0.25) is 0 Å².